The summed E-state index contributed by atoms with van der Waals surface area (Å²) < 4.78 is 5.01. The van der Waals surface area contributed by atoms with Gasteiger partial charge < -0.3 is 15.2 Å². The number of nitrogens with one attached hydrogen (secondary N) is 1. The molecule has 2 N–H and O–H groups in total. The first kappa shape index (κ1) is 18.7. The van der Waals surface area contributed by atoms with Crippen molar-refractivity contribution in [3.63, 3.8) is 0 Å². The number of hydrogen-bond acceptors (Lipinski definition) is 3. The quantitative estimate of drug-likeness (QED) is 0.534. The minimum absolute atomic E-state index is 0.201. The summed E-state index contributed by atoms with van der Waals surface area (Å²) in [6.45, 7) is 0. The highest BCUT2D eigenvalue weighted by Crippen LogP contribution is 2.41. The molecule has 0 aromatic heterocycles. The summed E-state index contributed by atoms with van der Waals surface area (Å²) in [7, 11) is 1.50. The van der Waals surface area contributed by atoms with Gasteiger partial charge in [0.15, 0.2) is 0 Å². The summed E-state index contributed by atoms with van der Waals surface area (Å²) in [4.78, 5) is 23.9. The van der Waals surface area contributed by atoms with Crippen molar-refractivity contribution in [2.24, 2.45) is 0 Å². The van der Waals surface area contributed by atoms with E-state index in [0.717, 1.165) is 0 Å². The molecule has 9 heteroatoms. The van der Waals surface area contributed by atoms with E-state index in [1.165, 1.54) is 7.11 Å². The van der Waals surface area contributed by atoms with Gasteiger partial charge in [-0.25, -0.2) is 4.79 Å². The molecule has 0 aliphatic heterocycles. The van der Waals surface area contributed by atoms with Gasteiger partial charge in [-0.15, -0.1) is 0 Å². The second kappa shape index (κ2) is 7.49. The summed E-state index contributed by atoms with van der Waals surface area (Å²) >= 11 is 23.7. The molecule has 0 unspecified atom stereocenters. The zero-order valence-electron chi connectivity index (χ0n) is 12.0. The number of anilines is 1. The number of carbonyl (C=O) groups is 2. The van der Waals surface area contributed by atoms with Crippen molar-refractivity contribution in [2.75, 3.05) is 12.4 Å². The Bertz CT molecular complexity index is 821. The van der Waals surface area contributed by atoms with Crippen LogP contribution in [0.15, 0.2) is 24.3 Å². The highest BCUT2D eigenvalue weighted by molar-refractivity contribution is 6.54. The lowest BCUT2D eigenvalue weighted by molar-refractivity contribution is 0.0692. The van der Waals surface area contributed by atoms with Gasteiger partial charge in [-0.2, -0.15) is 0 Å². The van der Waals surface area contributed by atoms with Crippen molar-refractivity contribution in [2.45, 2.75) is 0 Å². The van der Waals surface area contributed by atoms with E-state index in [0.29, 0.717) is 11.4 Å². The molecule has 0 spiro atoms. The number of benzene rings is 2. The fraction of sp³-hybridized carbons (Fsp3) is 0.0667. The van der Waals surface area contributed by atoms with E-state index < -0.39 is 17.4 Å². The molecule has 0 aliphatic rings. The predicted octanol–water partition coefficient (Wildman–Crippen LogP) is 5.26. The van der Waals surface area contributed by atoms with Gasteiger partial charge in [0, 0.05) is 5.69 Å². The van der Waals surface area contributed by atoms with Crippen molar-refractivity contribution < 1.29 is 19.4 Å². The molecule has 126 valence electrons. The smallest absolute Gasteiger partial charge is 0.338 e. The number of methoxy groups -OCH3 is 1. The number of carboxylic acids is 1. The first-order valence-corrected chi connectivity index (χ1v) is 7.83. The Morgan fingerprint density at radius 1 is 0.917 bits per heavy atom. The molecule has 2 aromatic rings. The van der Waals surface area contributed by atoms with Gasteiger partial charge in [0.25, 0.3) is 5.91 Å². The highest BCUT2D eigenvalue weighted by atomic mass is 35.5. The third kappa shape index (κ3) is 3.54. The summed E-state index contributed by atoms with van der Waals surface area (Å²) in [6, 6.07) is 6.39. The molecule has 0 heterocycles. The molecular weight excluding hydrogens is 400 g/mol. The summed E-state index contributed by atoms with van der Waals surface area (Å²) in [5, 5.41) is 10.8. The van der Waals surface area contributed by atoms with Crippen molar-refractivity contribution in [1.29, 1.82) is 0 Å². The molecule has 0 saturated heterocycles. The Kier molecular flexibility index (Phi) is 5.83. The van der Waals surface area contributed by atoms with Crippen LogP contribution >= 0.6 is 46.4 Å². The van der Waals surface area contributed by atoms with E-state index in [9.17, 15) is 14.7 Å². The van der Waals surface area contributed by atoms with Crippen LogP contribution < -0.4 is 10.1 Å². The fourth-order valence-electron chi connectivity index (χ4n) is 1.91. The highest BCUT2D eigenvalue weighted by Gasteiger charge is 2.28. The molecule has 0 radical (unpaired) electrons. The van der Waals surface area contributed by atoms with E-state index in [2.05, 4.69) is 5.32 Å². The summed E-state index contributed by atoms with van der Waals surface area (Å²) in [5.41, 5.74) is -0.503. The lowest BCUT2D eigenvalue weighted by Gasteiger charge is -2.14. The normalized spacial score (nSPS) is 10.4. The van der Waals surface area contributed by atoms with E-state index in [-0.39, 0.29) is 25.7 Å². The van der Waals surface area contributed by atoms with E-state index in [4.69, 9.17) is 51.1 Å². The van der Waals surface area contributed by atoms with Gasteiger partial charge in [-0.1, -0.05) is 46.4 Å². The number of ether oxygens (including phenoxy) is 1. The largest absolute Gasteiger partial charge is 0.497 e. The standard InChI is InChI=1S/C15H9Cl4NO4/c1-24-7-4-2-6(3-5-7)20-14(21)8-9(15(22)23)11(17)13(19)12(18)10(8)16/h2-5H,1H3,(H,20,21)(H,22,23). The number of carbonyl (C=O) groups excluding carboxylic acids is 1. The SMILES string of the molecule is COc1ccc(NC(=O)c2c(Cl)c(Cl)c(Cl)c(Cl)c2C(=O)O)cc1. The van der Waals surface area contributed by atoms with E-state index in [1.54, 1.807) is 24.3 Å². The van der Waals surface area contributed by atoms with Crippen LogP contribution in [0.1, 0.15) is 20.7 Å². The van der Waals surface area contributed by atoms with E-state index >= 15 is 0 Å². The number of rotatable bonds is 4. The Hall–Kier alpha value is -1.66. The maximum atomic E-state index is 12.5. The minimum Gasteiger partial charge on any atom is -0.497 e. The van der Waals surface area contributed by atoms with Gasteiger partial charge in [-0.3, -0.25) is 4.79 Å². The molecule has 24 heavy (non-hydrogen) atoms. The predicted molar refractivity (Wildman–Crippen MR) is 94.4 cm³/mol. The van der Waals surface area contributed by atoms with Gasteiger partial charge in [0.05, 0.1) is 38.3 Å². The molecule has 2 aromatic carbocycles. The Morgan fingerprint density at radius 2 is 1.42 bits per heavy atom. The third-order valence-electron chi connectivity index (χ3n) is 3.06. The average molecular weight is 409 g/mol. The second-order valence-electron chi connectivity index (χ2n) is 4.49. The van der Waals surface area contributed by atoms with Gasteiger partial charge in [0.2, 0.25) is 0 Å². The number of amides is 1. The van der Waals surface area contributed by atoms with Crippen LogP contribution in [0.2, 0.25) is 20.1 Å². The Morgan fingerprint density at radius 3 is 1.88 bits per heavy atom. The second-order valence-corrected chi connectivity index (χ2v) is 6.01. The van der Waals surface area contributed by atoms with Crippen LogP contribution in [-0.2, 0) is 0 Å². The maximum absolute atomic E-state index is 12.5. The van der Waals surface area contributed by atoms with Crippen molar-refractivity contribution >= 4 is 64.0 Å². The van der Waals surface area contributed by atoms with Crippen LogP contribution in [0.4, 0.5) is 5.69 Å². The first-order chi connectivity index (χ1) is 11.3. The van der Waals surface area contributed by atoms with Crippen LogP contribution in [-0.4, -0.2) is 24.1 Å². The first-order valence-electron chi connectivity index (χ1n) is 6.32. The maximum Gasteiger partial charge on any atom is 0.338 e. The molecule has 5 nitrogen and oxygen atoms in total. The number of halogens is 4. The van der Waals surface area contributed by atoms with Crippen molar-refractivity contribution in [3.05, 3.63) is 55.5 Å². The molecule has 0 atom stereocenters. The molecule has 0 bridgehead atoms. The monoisotopic (exact) mass is 407 g/mol. The molecule has 0 saturated carbocycles. The Balaban J connectivity index is 2.50. The lowest BCUT2D eigenvalue weighted by atomic mass is 10.1. The number of carboxylic acid groups (broad SMARTS) is 1. The molecular formula is C15H9Cl4NO4. The number of aromatic carboxylic acids is 1. The van der Waals surface area contributed by atoms with Crippen molar-refractivity contribution in [3.8, 4) is 5.75 Å². The minimum atomic E-state index is -1.46. The summed E-state index contributed by atoms with van der Waals surface area (Å²) in [5.74, 6) is -1.65. The third-order valence-corrected chi connectivity index (χ3v) is 4.86. The van der Waals surface area contributed by atoms with Gasteiger partial charge in [0.1, 0.15) is 5.75 Å². The Labute approximate surface area is 157 Å². The average Bonchev–Trinajstić information content (AvgIpc) is 2.56. The van der Waals surface area contributed by atoms with Crippen LogP contribution in [0.5, 0.6) is 5.75 Å². The topological polar surface area (TPSA) is 75.6 Å². The zero-order chi connectivity index (χ0) is 18.0. The van der Waals surface area contributed by atoms with E-state index in [1.807, 2.05) is 0 Å². The van der Waals surface area contributed by atoms with Crippen LogP contribution in [0, 0.1) is 0 Å². The van der Waals surface area contributed by atoms with Crippen LogP contribution in [0.25, 0.3) is 0 Å². The zero-order valence-corrected chi connectivity index (χ0v) is 15.0. The molecule has 1 amide bonds. The summed E-state index contributed by atoms with van der Waals surface area (Å²) in [6.07, 6.45) is 0. The van der Waals surface area contributed by atoms with Gasteiger partial charge in [-0.05, 0) is 24.3 Å². The lowest BCUT2D eigenvalue weighted by Crippen LogP contribution is -2.18. The fourth-order valence-corrected chi connectivity index (χ4v) is 2.93. The van der Waals surface area contributed by atoms with Crippen LogP contribution in [0.3, 0.4) is 0 Å². The molecule has 0 aliphatic carbocycles. The number of hydrogen-bond donors (Lipinski definition) is 2. The molecule has 2 rings (SSSR count). The molecule has 0 fully saturated rings. The van der Waals surface area contributed by atoms with Gasteiger partial charge >= 0.3 is 5.97 Å². The van der Waals surface area contributed by atoms with Crippen molar-refractivity contribution in [1.82, 2.24) is 0 Å².